The van der Waals surface area contributed by atoms with E-state index in [9.17, 15) is 9.59 Å². The SMILES string of the molecule is C/C=C/CC(NCc1cccc(C(=O)O)c1)C(=O)OCC. The molecule has 0 heterocycles. The van der Waals surface area contributed by atoms with Gasteiger partial charge in [0.1, 0.15) is 6.04 Å². The van der Waals surface area contributed by atoms with Gasteiger partial charge in [-0.1, -0.05) is 24.3 Å². The molecular formula is C16H21NO4. The van der Waals surface area contributed by atoms with Gasteiger partial charge in [-0.2, -0.15) is 0 Å². The standard InChI is InChI=1S/C16H21NO4/c1-3-5-9-14(16(20)21-4-2)17-11-12-7-6-8-13(10-12)15(18)19/h3,5-8,10,14,17H,4,9,11H2,1-2H3,(H,18,19)/b5-3+. The Morgan fingerprint density at radius 1 is 1.43 bits per heavy atom. The molecule has 1 unspecified atom stereocenters. The molecule has 0 spiro atoms. The van der Waals surface area contributed by atoms with Gasteiger partial charge in [-0.15, -0.1) is 0 Å². The highest BCUT2D eigenvalue weighted by atomic mass is 16.5. The number of allylic oxidation sites excluding steroid dienone is 1. The molecule has 0 radical (unpaired) electrons. The molecule has 2 N–H and O–H groups in total. The molecule has 0 aromatic heterocycles. The van der Waals surface area contributed by atoms with Crippen LogP contribution in [0.3, 0.4) is 0 Å². The van der Waals surface area contributed by atoms with Crippen LogP contribution >= 0.6 is 0 Å². The Balaban J connectivity index is 2.69. The first kappa shape index (κ1) is 16.9. The van der Waals surface area contributed by atoms with Crippen molar-refractivity contribution in [1.29, 1.82) is 0 Å². The summed E-state index contributed by atoms with van der Waals surface area (Å²) in [4.78, 5) is 22.8. The summed E-state index contributed by atoms with van der Waals surface area (Å²) in [5, 5.41) is 12.1. The summed E-state index contributed by atoms with van der Waals surface area (Å²) in [6, 6.07) is 6.19. The van der Waals surface area contributed by atoms with E-state index in [0.717, 1.165) is 5.56 Å². The average Bonchev–Trinajstić information content (AvgIpc) is 2.47. The lowest BCUT2D eigenvalue weighted by Crippen LogP contribution is -2.37. The number of carboxylic acid groups (broad SMARTS) is 1. The number of ether oxygens (including phenoxy) is 1. The average molecular weight is 291 g/mol. The van der Waals surface area contributed by atoms with Crippen molar-refractivity contribution < 1.29 is 19.4 Å². The maximum absolute atomic E-state index is 11.8. The van der Waals surface area contributed by atoms with E-state index < -0.39 is 12.0 Å². The van der Waals surface area contributed by atoms with Gasteiger partial charge in [0, 0.05) is 6.54 Å². The van der Waals surface area contributed by atoms with Crippen LogP contribution in [0.4, 0.5) is 0 Å². The summed E-state index contributed by atoms with van der Waals surface area (Å²) in [7, 11) is 0. The lowest BCUT2D eigenvalue weighted by molar-refractivity contribution is -0.145. The third-order valence-electron chi connectivity index (χ3n) is 2.91. The van der Waals surface area contributed by atoms with E-state index in [1.807, 2.05) is 25.1 Å². The zero-order chi connectivity index (χ0) is 15.7. The Morgan fingerprint density at radius 2 is 2.19 bits per heavy atom. The number of esters is 1. The Morgan fingerprint density at radius 3 is 2.81 bits per heavy atom. The zero-order valence-corrected chi connectivity index (χ0v) is 12.3. The van der Waals surface area contributed by atoms with Gasteiger partial charge >= 0.3 is 11.9 Å². The molecule has 0 aliphatic rings. The summed E-state index contributed by atoms with van der Waals surface area (Å²) in [5.41, 5.74) is 1.04. The molecular weight excluding hydrogens is 270 g/mol. The van der Waals surface area contributed by atoms with Crippen LogP contribution in [0.2, 0.25) is 0 Å². The van der Waals surface area contributed by atoms with Crippen molar-refractivity contribution in [2.24, 2.45) is 0 Å². The highest BCUT2D eigenvalue weighted by Gasteiger charge is 2.17. The summed E-state index contributed by atoms with van der Waals surface area (Å²) < 4.78 is 5.02. The Bertz CT molecular complexity index is 511. The van der Waals surface area contributed by atoms with Gasteiger partial charge in [-0.3, -0.25) is 4.79 Å². The topological polar surface area (TPSA) is 75.6 Å². The molecule has 0 fully saturated rings. The van der Waals surface area contributed by atoms with Crippen molar-refractivity contribution in [2.45, 2.75) is 32.9 Å². The van der Waals surface area contributed by atoms with Gasteiger partial charge in [0.25, 0.3) is 0 Å². The Hall–Kier alpha value is -2.14. The van der Waals surface area contributed by atoms with Crippen LogP contribution in [-0.2, 0) is 16.1 Å². The van der Waals surface area contributed by atoms with Gasteiger partial charge in [0.05, 0.1) is 12.2 Å². The smallest absolute Gasteiger partial charge is 0.335 e. The third kappa shape index (κ3) is 5.79. The number of aromatic carboxylic acids is 1. The van der Waals surface area contributed by atoms with E-state index in [0.29, 0.717) is 19.6 Å². The number of hydrogen-bond donors (Lipinski definition) is 2. The molecule has 0 aliphatic heterocycles. The minimum Gasteiger partial charge on any atom is -0.478 e. The molecule has 21 heavy (non-hydrogen) atoms. The molecule has 0 bridgehead atoms. The van der Waals surface area contributed by atoms with Crippen LogP contribution in [0.15, 0.2) is 36.4 Å². The second-order valence-corrected chi connectivity index (χ2v) is 4.50. The van der Waals surface area contributed by atoms with Crippen LogP contribution in [0.25, 0.3) is 0 Å². The van der Waals surface area contributed by atoms with Crippen molar-refractivity contribution in [3.8, 4) is 0 Å². The summed E-state index contributed by atoms with van der Waals surface area (Å²) in [6.45, 7) is 4.39. The molecule has 5 heteroatoms. The second-order valence-electron chi connectivity index (χ2n) is 4.50. The fourth-order valence-corrected chi connectivity index (χ4v) is 1.83. The normalized spacial score (nSPS) is 12.3. The number of hydrogen-bond acceptors (Lipinski definition) is 4. The fraction of sp³-hybridized carbons (Fsp3) is 0.375. The molecule has 1 rings (SSSR count). The monoisotopic (exact) mass is 291 g/mol. The molecule has 0 amide bonds. The van der Waals surface area contributed by atoms with Gasteiger partial charge in [0.2, 0.25) is 0 Å². The van der Waals surface area contributed by atoms with Crippen molar-refractivity contribution in [1.82, 2.24) is 5.32 Å². The number of rotatable bonds is 8. The first-order valence-electron chi connectivity index (χ1n) is 6.91. The molecule has 1 aromatic carbocycles. The molecule has 1 aromatic rings. The predicted molar refractivity (Wildman–Crippen MR) is 80.1 cm³/mol. The van der Waals surface area contributed by atoms with Gasteiger partial charge in [0.15, 0.2) is 0 Å². The highest BCUT2D eigenvalue weighted by Crippen LogP contribution is 2.07. The summed E-state index contributed by atoms with van der Waals surface area (Å²) in [6.07, 6.45) is 4.30. The van der Waals surface area contributed by atoms with E-state index in [2.05, 4.69) is 5.32 Å². The first-order valence-corrected chi connectivity index (χ1v) is 6.91. The quantitative estimate of drug-likeness (QED) is 0.568. The number of carbonyl (C=O) groups is 2. The third-order valence-corrected chi connectivity index (χ3v) is 2.91. The summed E-state index contributed by atoms with van der Waals surface area (Å²) in [5.74, 6) is -1.27. The minimum atomic E-state index is -0.965. The molecule has 0 saturated carbocycles. The van der Waals surface area contributed by atoms with Crippen molar-refractivity contribution in [3.05, 3.63) is 47.5 Å². The lowest BCUT2D eigenvalue weighted by Gasteiger charge is -2.16. The maximum atomic E-state index is 11.8. The van der Waals surface area contributed by atoms with E-state index in [4.69, 9.17) is 9.84 Å². The number of nitrogens with one attached hydrogen (secondary N) is 1. The van der Waals surface area contributed by atoms with E-state index in [1.165, 1.54) is 6.07 Å². The second kappa shape index (κ2) is 8.92. The largest absolute Gasteiger partial charge is 0.478 e. The van der Waals surface area contributed by atoms with E-state index >= 15 is 0 Å². The molecule has 0 saturated heterocycles. The zero-order valence-electron chi connectivity index (χ0n) is 12.3. The maximum Gasteiger partial charge on any atom is 0.335 e. The first-order chi connectivity index (χ1) is 10.1. The Kier molecular flexibility index (Phi) is 7.18. The fourth-order valence-electron chi connectivity index (χ4n) is 1.83. The molecule has 1 atom stereocenters. The van der Waals surface area contributed by atoms with Crippen molar-refractivity contribution >= 4 is 11.9 Å². The number of carboxylic acids is 1. The number of carbonyl (C=O) groups excluding carboxylic acids is 1. The lowest BCUT2D eigenvalue weighted by atomic mass is 10.1. The van der Waals surface area contributed by atoms with Gasteiger partial charge < -0.3 is 15.2 Å². The molecule has 5 nitrogen and oxygen atoms in total. The van der Waals surface area contributed by atoms with Gasteiger partial charge in [-0.05, 0) is 38.0 Å². The van der Waals surface area contributed by atoms with Crippen LogP contribution in [0, 0.1) is 0 Å². The van der Waals surface area contributed by atoms with Crippen molar-refractivity contribution in [3.63, 3.8) is 0 Å². The predicted octanol–water partition coefficient (Wildman–Crippen LogP) is 2.37. The number of benzene rings is 1. The van der Waals surface area contributed by atoms with Crippen LogP contribution in [0.5, 0.6) is 0 Å². The Labute approximate surface area is 124 Å². The minimum absolute atomic E-state index is 0.232. The highest BCUT2D eigenvalue weighted by molar-refractivity contribution is 5.87. The van der Waals surface area contributed by atoms with Crippen LogP contribution in [-0.4, -0.2) is 29.7 Å². The molecule has 114 valence electrons. The van der Waals surface area contributed by atoms with Crippen molar-refractivity contribution in [2.75, 3.05) is 6.61 Å². The molecule has 0 aliphatic carbocycles. The summed E-state index contributed by atoms with van der Waals surface area (Å²) >= 11 is 0. The van der Waals surface area contributed by atoms with Crippen LogP contribution in [0.1, 0.15) is 36.2 Å². The van der Waals surface area contributed by atoms with E-state index in [-0.39, 0.29) is 11.5 Å². The van der Waals surface area contributed by atoms with Crippen LogP contribution < -0.4 is 5.32 Å². The van der Waals surface area contributed by atoms with E-state index in [1.54, 1.807) is 19.1 Å². The van der Waals surface area contributed by atoms with Gasteiger partial charge in [-0.25, -0.2) is 4.79 Å².